The lowest BCUT2D eigenvalue weighted by molar-refractivity contribution is -0.130. The van der Waals surface area contributed by atoms with Gasteiger partial charge in [0.15, 0.2) is 0 Å². The van der Waals surface area contributed by atoms with Crippen LogP contribution in [0.3, 0.4) is 0 Å². The SMILES string of the molecule is CCC1CCCCC1C(O)C(N)=O. The number of aliphatic hydroxyl groups excluding tert-OH is 1. The average Bonchev–Trinajstić information content (AvgIpc) is 2.16. The van der Waals surface area contributed by atoms with Gasteiger partial charge in [-0.1, -0.05) is 32.6 Å². The molecule has 3 atom stereocenters. The first-order valence-electron chi connectivity index (χ1n) is 5.14. The van der Waals surface area contributed by atoms with Crippen LogP contribution in [0.25, 0.3) is 0 Å². The summed E-state index contributed by atoms with van der Waals surface area (Å²) < 4.78 is 0. The van der Waals surface area contributed by atoms with Crippen molar-refractivity contribution in [3.63, 3.8) is 0 Å². The summed E-state index contributed by atoms with van der Waals surface area (Å²) >= 11 is 0. The maximum absolute atomic E-state index is 10.8. The van der Waals surface area contributed by atoms with E-state index in [4.69, 9.17) is 5.73 Å². The number of carbonyl (C=O) groups is 1. The molecule has 0 saturated heterocycles. The van der Waals surface area contributed by atoms with Crippen molar-refractivity contribution in [3.8, 4) is 0 Å². The Bertz CT molecular complexity index is 182. The van der Waals surface area contributed by atoms with Gasteiger partial charge in [-0.25, -0.2) is 0 Å². The van der Waals surface area contributed by atoms with E-state index in [9.17, 15) is 9.90 Å². The highest BCUT2D eigenvalue weighted by molar-refractivity contribution is 5.78. The zero-order valence-corrected chi connectivity index (χ0v) is 8.20. The van der Waals surface area contributed by atoms with Crippen molar-refractivity contribution in [1.29, 1.82) is 0 Å². The minimum Gasteiger partial charge on any atom is -0.383 e. The fourth-order valence-corrected chi connectivity index (χ4v) is 2.37. The van der Waals surface area contributed by atoms with Crippen LogP contribution in [0.4, 0.5) is 0 Å². The van der Waals surface area contributed by atoms with E-state index in [2.05, 4.69) is 6.92 Å². The molecule has 0 aromatic rings. The van der Waals surface area contributed by atoms with Gasteiger partial charge in [0.05, 0.1) is 0 Å². The topological polar surface area (TPSA) is 63.3 Å². The van der Waals surface area contributed by atoms with Gasteiger partial charge in [0.2, 0.25) is 5.91 Å². The zero-order valence-electron chi connectivity index (χ0n) is 8.20. The van der Waals surface area contributed by atoms with Crippen molar-refractivity contribution in [1.82, 2.24) is 0 Å². The van der Waals surface area contributed by atoms with Gasteiger partial charge >= 0.3 is 0 Å². The van der Waals surface area contributed by atoms with Crippen LogP contribution in [0.2, 0.25) is 0 Å². The van der Waals surface area contributed by atoms with Crippen LogP contribution in [0.5, 0.6) is 0 Å². The highest BCUT2D eigenvalue weighted by Crippen LogP contribution is 2.34. The number of nitrogens with two attached hydrogens (primary N) is 1. The molecule has 1 rings (SSSR count). The van der Waals surface area contributed by atoms with Crippen LogP contribution in [-0.4, -0.2) is 17.1 Å². The van der Waals surface area contributed by atoms with Crippen molar-refractivity contribution in [2.24, 2.45) is 17.6 Å². The van der Waals surface area contributed by atoms with Crippen LogP contribution in [0.1, 0.15) is 39.0 Å². The molecule has 0 bridgehead atoms. The summed E-state index contributed by atoms with van der Waals surface area (Å²) in [4.78, 5) is 10.8. The van der Waals surface area contributed by atoms with Gasteiger partial charge in [0.1, 0.15) is 6.10 Å². The van der Waals surface area contributed by atoms with E-state index in [1.54, 1.807) is 0 Å². The molecule has 3 nitrogen and oxygen atoms in total. The van der Waals surface area contributed by atoms with Crippen LogP contribution in [0.15, 0.2) is 0 Å². The first-order valence-corrected chi connectivity index (χ1v) is 5.14. The lowest BCUT2D eigenvalue weighted by atomic mass is 9.75. The number of aliphatic hydroxyl groups is 1. The molecule has 3 heteroatoms. The van der Waals surface area contributed by atoms with Gasteiger partial charge in [0.25, 0.3) is 0 Å². The van der Waals surface area contributed by atoms with E-state index in [0.29, 0.717) is 5.92 Å². The standard InChI is InChI=1S/C10H19NO2/c1-2-7-5-3-4-6-8(7)9(12)10(11)13/h7-9,12H,2-6H2,1H3,(H2,11,13). The molecule has 1 aliphatic carbocycles. The molecule has 0 spiro atoms. The van der Waals surface area contributed by atoms with Gasteiger partial charge in [-0.15, -0.1) is 0 Å². The molecule has 0 heterocycles. The Morgan fingerprint density at radius 2 is 2.15 bits per heavy atom. The Morgan fingerprint density at radius 1 is 1.54 bits per heavy atom. The van der Waals surface area contributed by atoms with E-state index < -0.39 is 12.0 Å². The van der Waals surface area contributed by atoms with Crippen LogP contribution < -0.4 is 5.73 Å². The third-order valence-electron chi connectivity index (χ3n) is 3.19. The smallest absolute Gasteiger partial charge is 0.246 e. The van der Waals surface area contributed by atoms with Crippen molar-refractivity contribution >= 4 is 5.91 Å². The number of rotatable bonds is 3. The highest BCUT2D eigenvalue weighted by Gasteiger charge is 2.32. The largest absolute Gasteiger partial charge is 0.383 e. The summed E-state index contributed by atoms with van der Waals surface area (Å²) in [7, 11) is 0. The molecular weight excluding hydrogens is 166 g/mol. The van der Waals surface area contributed by atoms with Crippen LogP contribution in [-0.2, 0) is 4.79 Å². The Balaban J connectivity index is 2.58. The number of primary amides is 1. The quantitative estimate of drug-likeness (QED) is 0.690. The Morgan fingerprint density at radius 3 is 2.69 bits per heavy atom. The molecule has 0 aromatic carbocycles. The van der Waals surface area contributed by atoms with E-state index >= 15 is 0 Å². The van der Waals surface area contributed by atoms with Crippen molar-refractivity contribution < 1.29 is 9.90 Å². The molecule has 1 aliphatic rings. The predicted molar refractivity (Wildman–Crippen MR) is 50.9 cm³/mol. The molecule has 1 amide bonds. The van der Waals surface area contributed by atoms with E-state index in [1.165, 1.54) is 6.42 Å². The van der Waals surface area contributed by atoms with Crippen molar-refractivity contribution in [2.45, 2.75) is 45.1 Å². The van der Waals surface area contributed by atoms with Crippen molar-refractivity contribution in [2.75, 3.05) is 0 Å². The Labute approximate surface area is 79.3 Å². The summed E-state index contributed by atoms with van der Waals surface area (Å²) in [5.41, 5.74) is 5.09. The van der Waals surface area contributed by atoms with Gasteiger partial charge in [-0.05, 0) is 18.3 Å². The van der Waals surface area contributed by atoms with Gasteiger partial charge in [-0.3, -0.25) is 4.79 Å². The molecule has 3 unspecified atom stereocenters. The summed E-state index contributed by atoms with van der Waals surface area (Å²) in [6, 6.07) is 0. The van der Waals surface area contributed by atoms with Gasteiger partial charge in [-0.2, -0.15) is 0 Å². The second-order valence-corrected chi connectivity index (χ2v) is 3.96. The molecule has 1 saturated carbocycles. The Hall–Kier alpha value is -0.570. The maximum Gasteiger partial charge on any atom is 0.246 e. The molecule has 1 fully saturated rings. The molecule has 0 aromatic heterocycles. The monoisotopic (exact) mass is 185 g/mol. The first kappa shape index (κ1) is 10.5. The van der Waals surface area contributed by atoms with E-state index in [1.807, 2.05) is 0 Å². The third-order valence-corrected chi connectivity index (χ3v) is 3.19. The maximum atomic E-state index is 10.8. The second-order valence-electron chi connectivity index (χ2n) is 3.96. The minimum absolute atomic E-state index is 0.108. The van der Waals surface area contributed by atoms with Gasteiger partial charge < -0.3 is 10.8 Å². The van der Waals surface area contributed by atoms with E-state index in [-0.39, 0.29) is 5.92 Å². The van der Waals surface area contributed by atoms with Crippen molar-refractivity contribution in [3.05, 3.63) is 0 Å². The predicted octanol–water partition coefficient (Wildman–Crippen LogP) is 1.05. The molecule has 3 N–H and O–H groups in total. The fraction of sp³-hybridized carbons (Fsp3) is 0.900. The molecule has 13 heavy (non-hydrogen) atoms. The second kappa shape index (κ2) is 4.61. The van der Waals surface area contributed by atoms with E-state index in [0.717, 1.165) is 25.7 Å². The minimum atomic E-state index is -0.926. The first-order chi connectivity index (χ1) is 6.16. The summed E-state index contributed by atoms with van der Waals surface area (Å²) in [6.45, 7) is 2.11. The normalized spacial score (nSPS) is 31.2. The Kier molecular flexibility index (Phi) is 3.72. The molecule has 76 valence electrons. The molecular formula is C10H19NO2. The van der Waals surface area contributed by atoms with Gasteiger partial charge in [0, 0.05) is 0 Å². The lowest BCUT2D eigenvalue weighted by Gasteiger charge is -2.32. The number of hydrogen-bond donors (Lipinski definition) is 2. The van der Waals surface area contributed by atoms with Crippen LogP contribution in [0, 0.1) is 11.8 Å². The molecule has 0 aliphatic heterocycles. The fourth-order valence-electron chi connectivity index (χ4n) is 2.37. The summed E-state index contributed by atoms with van der Waals surface area (Å²) in [5.74, 6) is 0.0258. The zero-order chi connectivity index (χ0) is 9.84. The number of hydrogen-bond acceptors (Lipinski definition) is 2. The third kappa shape index (κ3) is 2.44. The summed E-state index contributed by atoms with van der Waals surface area (Å²) in [5, 5.41) is 9.58. The highest BCUT2D eigenvalue weighted by atomic mass is 16.3. The lowest BCUT2D eigenvalue weighted by Crippen LogP contribution is -2.40. The molecule has 0 radical (unpaired) electrons. The number of carbonyl (C=O) groups excluding carboxylic acids is 1. The average molecular weight is 185 g/mol. The summed E-state index contributed by atoms with van der Waals surface area (Å²) in [6.07, 6.45) is 4.53. The number of amides is 1. The van der Waals surface area contributed by atoms with Crippen LogP contribution >= 0.6 is 0 Å².